The van der Waals surface area contributed by atoms with Crippen molar-refractivity contribution in [3.05, 3.63) is 88.5 Å². The van der Waals surface area contributed by atoms with Crippen molar-refractivity contribution in [2.24, 2.45) is 5.92 Å². The van der Waals surface area contributed by atoms with Crippen molar-refractivity contribution < 1.29 is 14.3 Å². The smallest absolute Gasteiger partial charge is 0.330 e. The Morgan fingerprint density at radius 2 is 1.94 bits per heavy atom. The third-order valence-corrected chi connectivity index (χ3v) is 6.89. The van der Waals surface area contributed by atoms with Gasteiger partial charge in [0.05, 0.1) is 13.2 Å². The Morgan fingerprint density at radius 3 is 2.66 bits per heavy atom. The molecule has 2 aliphatic rings. The van der Waals surface area contributed by atoms with Crippen LogP contribution in [-0.2, 0) is 26.8 Å². The number of fused-ring (bicyclic) bond motifs is 1. The first-order valence-electron chi connectivity index (χ1n) is 11.6. The van der Waals surface area contributed by atoms with Gasteiger partial charge in [-0.2, -0.15) is 0 Å². The molecule has 0 radical (unpaired) electrons. The highest BCUT2D eigenvalue weighted by Gasteiger charge is 2.50. The normalized spacial score (nSPS) is 23.7. The average Bonchev–Trinajstić information content (AvgIpc) is 3.32. The highest BCUT2D eigenvalue weighted by Crippen LogP contribution is 2.57. The van der Waals surface area contributed by atoms with Crippen molar-refractivity contribution in [2.75, 3.05) is 13.2 Å². The summed E-state index contributed by atoms with van der Waals surface area (Å²) in [6, 6.07) is 15.4. The number of carbonyl (C=O) groups excluding carboxylic acids is 1. The van der Waals surface area contributed by atoms with Crippen LogP contribution in [0.4, 0.5) is 0 Å². The van der Waals surface area contributed by atoms with Crippen LogP contribution in [0.15, 0.2) is 66.3 Å². The highest BCUT2D eigenvalue weighted by atomic mass is 16.5. The highest BCUT2D eigenvalue weighted by molar-refractivity contribution is 5.83. The van der Waals surface area contributed by atoms with E-state index in [9.17, 15) is 4.79 Å². The molecule has 4 rings (SSSR count). The van der Waals surface area contributed by atoms with E-state index in [1.165, 1.54) is 22.3 Å². The predicted molar refractivity (Wildman–Crippen MR) is 129 cm³/mol. The maximum absolute atomic E-state index is 11.7. The Bertz CT molecular complexity index is 1060. The summed E-state index contributed by atoms with van der Waals surface area (Å²) in [6.45, 7) is 11.8. The lowest BCUT2D eigenvalue weighted by Gasteiger charge is -2.20. The van der Waals surface area contributed by atoms with Gasteiger partial charge in [0.15, 0.2) is 0 Å². The molecule has 1 aliphatic heterocycles. The third kappa shape index (κ3) is 4.53. The van der Waals surface area contributed by atoms with E-state index in [0.29, 0.717) is 12.5 Å². The maximum atomic E-state index is 11.7. The topological polar surface area (TPSA) is 35.5 Å². The predicted octanol–water partition coefficient (Wildman–Crippen LogP) is 6.29. The molecule has 0 bridgehead atoms. The lowest BCUT2D eigenvalue weighted by molar-refractivity contribution is -0.137. The molecular formula is C29H34O3. The minimum absolute atomic E-state index is 0.0202. The molecule has 2 atom stereocenters. The summed E-state index contributed by atoms with van der Waals surface area (Å²) in [4.78, 5) is 11.7. The number of hydrogen-bond acceptors (Lipinski definition) is 3. The van der Waals surface area contributed by atoms with E-state index in [2.05, 4.69) is 75.4 Å². The Hall–Kier alpha value is -2.81. The summed E-state index contributed by atoms with van der Waals surface area (Å²) in [5.74, 6) is 1.26. The summed E-state index contributed by atoms with van der Waals surface area (Å²) in [6.07, 6.45) is 7.86. The van der Waals surface area contributed by atoms with Gasteiger partial charge in [-0.3, -0.25) is 0 Å². The minimum atomic E-state index is -0.278. The lowest BCUT2D eigenvalue weighted by Crippen LogP contribution is -2.19. The SMILES string of the molecule is CCOC(=O)/C=C(C)/C=C/[C@@H]1C[C@]1(C)c1cc(Cc2ccccc2)c2c(c1)C(C)(C)CO2. The molecule has 0 aromatic heterocycles. The molecule has 2 aromatic rings. The van der Waals surface area contributed by atoms with Crippen LogP contribution in [0.2, 0.25) is 0 Å². The maximum Gasteiger partial charge on any atom is 0.330 e. The fourth-order valence-corrected chi connectivity index (χ4v) is 4.67. The summed E-state index contributed by atoms with van der Waals surface area (Å²) in [5.41, 5.74) is 6.36. The fraction of sp³-hybridized carbons (Fsp3) is 0.414. The first-order chi connectivity index (χ1) is 15.2. The number of esters is 1. The van der Waals surface area contributed by atoms with Crippen LogP contribution in [0, 0.1) is 5.92 Å². The molecule has 1 saturated carbocycles. The van der Waals surface area contributed by atoms with Crippen LogP contribution in [0.5, 0.6) is 5.75 Å². The molecule has 168 valence electrons. The number of benzene rings is 2. The van der Waals surface area contributed by atoms with Crippen LogP contribution in [-0.4, -0.2) is 19.2 Å². The van der Waals surface area contributed by atoms with E-state index < -0.39 is 0 Å². The second-order valence-corrected chi connectivity index (χ2v) is 10.1. The summed E-state index contributed by atoms with van der Waals surface area (Å²) in [5, 5.41) is 0. The molecule has 1 aliphatic carbocycles. The van der Waals surface area contributed by atoms with Crippen molar-refractivity contribution in [1.82, 2.24) is 0 Å². The van der Waals surface area contributed by atoms with Gasteiger partial charge in [-0.05, 0) is 53.9 Å². The molecule has 1 fully saturated rings. The van der Waals surface area contributed by atoms with Crippen LogP contribution in [0.1, 0.15) is 63.3 Å². The summed E-state index contributed by atoms with van der Waals surface area (Å²) >= 11 is 0. The van der Waals surface area contributed by atoms with Gasteiger partial charge in [0, 0.05) is 23.5 Å². The van der Waals surface area contributed by atoms with Gasteiger partial charge >= 0.3 is 5.97 Å². The first-order valence-corrected chi connectivity index (χ1v) is 11.6. The standard InChI is InChI=1S/C29H34O3/c1-6-31-26(30)14-20(2)12-13-23-18-29(23,5)24-16-22(15-21-10-8-7-9-11-21)27-25(17-24)28(3,4)19-32-27/h7-14,16-17,23H,6,15,18-19H2,1-5H3/b13-12+,20-14+/t23-,29+/m1/s1. The van der Waals surface area contributed by atoms with Crippen molar-refractivity contribution >= 4 is 5.97 Å². The van der Waals surface area contributed by atoms with Gasteiger partial charge in [-0.1, -0.05) is 75.4 Å². The van der Waals surface area contributed by atoms with Crippen LogP contribution < -0.4 is 4.74 Å². The van der Waals surface area contributed by atoms with Crippen molar-refractivity contribution in [3.63, 3.8) is 0 Å². The number of ether oxygens (including phenoxy) is 2. The van der Waals surface area contributed by atoms with Crippen molar-refractivity contribution in [2.45, 2.75) is 58.3 Å². The molecule has 32 heavy (non-hydrogen) atoms. The van der Waals surface area contributed by atoms with Gasteiger partial charge in [0.2, 0.25) is 0 Å². The van der Waals surface area contributed by atoms with E-state index in [0.717, 1.165) is 30.8 Å². The van der Waals surface area contributed by atoms with Crippen molar-refractivity contribution in [1.29, 1.82) is 0 Å². The molecule has 0 N–H and O–H groups in total. The van der Waals surface area contributed by atoms with Gasteiger partial charge < -0.3 is 9.47 Å². The Kier molecular flexibility index (Phi) is 6.03. The van der Waals surface area contributed by atoms with E-state index in [1.54, 1.807) is 6.08 Å². The number of carbonyl (C=O) groups is 1. The number of allylic oxidation sites excluding steroid dienone is 3. The quantitative estimate of drug-likeness (QED) is 0.294. The van der Waals surface area contributed by atoms with Crippen LogP contribution >= 0.6 is 0 Å². The van der Waals surface area contributed by atoms with Gasteiger partial charge in [-0.25, -0.2) is 4.79 Å². The third-order valence-electron chi connectivity index (χ3n) is 6.89. The molecule has 0 unspecified atom stereocenters. The Labute approximate surface area is 192 Å². The van der Waals surface area contributed by atoms with E-state index in [-0.39, 0.29) is 16.8 Å². The van der Waals surface area contributed by atoms with Crippen LogP contribution in [0.3, 0.4) is 0 Å². The lowest BCUT2D eigenvalue weighted by atomic mass is 9.81. The molecule has 0 amide bonds. The second-order valence-electron chi connectivity index (χ2n) is 10.1. The molecule has 1 heterocycles. The Morgan fingerprint density at radius 1 is 1.19 bits per heavy atom. The zero-order chi connectivity index (χ0) is 22.9. The van der Waals surface area contributed by atoms with E-state index in [1.807, 2.05) is 13.8 Å². The molecular weight excluding hydrogens is 396 g/mol. The van der Waals surface area contributed by atoms with Gasteiger partial charge in [-0.15, -0.1) is 0 Å². The molecule has 0 spiro atoms. The zero-order valence-corrected chi connectivity index (χ0v) is 19.9. The molecule has 3 nitrogen and oxygen atoms in total. The van der Waals surface area contributed by atoms with Crippen molar-refractivity contribution in [3.8, 4) is 5.75 Å². The summed E-state index contributed by atoms with van der Waals surface area (Å²) in [7, 11) is 0. The van der Waals surface area contributed by atoms with Gasteiger partial charge in [0.25, 0.3) is 0 Å². The minimum Gasteiger partial charge on any atom is -0.492 e. The Balaban J connectivity index is 1.61. The molecule has 0 saturated heterocycles. The number of hydrogen-bond donors (Lipinski definition) is 0. The number of rotatable bonds is 7. The first kappa shape index (κ1) is 22.4. The second kappa shape index (κ2) is 8.61. The van der Waals surface area contributed by atoms with E-state index in [4.69, 9.17) is 9.47 Å². The van der Waals surface area contributed by atoms with E-state index >= 15 is 0 Å². The van der Waals surface area contributed by atoms with Crippen LogP contribution in [0.25, 0.3) is 0 Å². The monoisotopic (exact) mass is 430 g/mol. The molecule has 3 heteroatoms. The fourth-order valence-electron chi connectivity index (χ4n) is 4.67. The average molecular weight is 431 g/mol. The largest absolute Gasteiger partial charge is 0.492 e. The molecule has 2 aromatic carbocycles. The summed E-state index contributed by atoms with van der Waals surface area (Å²) < 4.78 is 11.2. The van der Waals surface area contributed by atoms with Gasteiger partial charge in [0.1, 0.15) is 5.75 Å². The zero-order valence-electron chi connectivity index (χ0n) is 19.9.